The van der Waals surface area contributed by atoms with Crippen molar-refractivity contribution in [1.82, 2.24) is 0 Å². The van der Waals surface area contributed by atoms with E-state index in [9.17, 15) is 13.2 Å². The number of carbonyl (C=O) groups excluding carboxylic acids is 1. The highest BCUT2D eigenvalue weighted by Crippen LogP contribution is 2.31. The number of sulfone groups is 1. The van der Waals surface area contributed by atoms with Crippen LogP contribution in [0.25, 0.3) is 12.2 Å². The van der Waals surface area contributed by atoms with Crippen LogP contribution in [0.5, 0.6) is 11.5 Å². The van der Waals surface area contributed by atoms with Gasteiger partial charge in [0.15, 0.2) is 15.6 Å². The van der Waals surface area contributed by atoms with E-state index in [0.717, 1.165) is 16.7 Å². The second-order valence-corrected chi connectivity index (χ2v) is 8.67. The minimum absolute atomic E-state index is 0.00831. The van der Waals surface area contributed by atoms with Crippen LogP contribution in [0, 0.1) is 0 Å². The molecule has 3 rings (SSSR count). The Morgan fingerprint density at radius 3 is 1.79 bits per heavy atom. The number of carbonyl (C=O) groups is 1. The highest BCUT2D eigenvalue weighted by atomic mass is 32.2. The third-order valence-electron chi connectivity index (χ3n) is 4.61. The third kappa shape index (κ3) is 4.51. The van der Waals surface area contributed by atoms with Crippen LogP contribution in [-0.4, -0.2) is 34.7 Å². The van der Waals surface area contributed by atoms with Crippen LogP contribution in [0.15, 0.2) is 58.5 Å². The van der Waals surface area contributed by atoms with Gasteiger partial charge in [-0.2, -0.15) is 0 Å². The molecule has 0 atom stereocenters. The highest BCUT2D eigenvalue weighted by Gasteiger charge is 2.23. The van der Waals surface area contributed by atoms with E-state index in [-0.39, 0.29) is 10.7 Å². The largest absolute Gasteiger partial charge is 0.497 e. The molecule has 2 aromatic carbocycles. The van der Waals surface area contributed by atoms with Gasteiger partial charge in [0, 0.05) is 23.5 Å². The van der Waals surface area contributed by atoms with E-state index in [4.69, 9.17) is 9.47 Å². The quantitative estimate of drug-likeness (QED) is 0.714. The first-order valence-corrected chi connectivity index (χ1v) is 10.7. The van der Waals surface area contributed by atoms with Crippen molar-refractivity contribution < 1.29 is 22.7 Å². The van der Waals surface area contributed by atoms with Crippen molar-refractivity contribution in [3.05, 3.63) is 64.7 Å². The Balaban J connectivity index is 1.85. The number of methoxy groups -OCH3 is 2. The number of allylic oxidation sites excluding steroid dienone is 2. The number of hydrogen-bond donors (Lipinski definition) is 0. The number of benzene rings is 2. The molecule has 2 aromatic rings. The van der Waals surface area contributed by atoms with Crippen LogP contribution in [0.3, 0.4) is 0 Å². The fraction of sp³-hybridized carbons (Fsp3) is 0.227. The monoisotopic (exact) mass is 398 g/mol. The van der Waals surface area contributed by atoms with Gasteiger partial charge in [0.05, 0.1) is 19.1 Å². The molecule has 0 unspecified atom stereocenters. The van der Waals surface area contributed by atoms with Gasteiger partial charge in [-0.3, -0.25) is 4.79 Å². The van der Waals surface area contributed by atoms with Gasteiger partial charge in [-0.25, -0.2) is 8.42 Å². The van der Waals surface area contributed by atoms with Crippen LogP contribution < -0.4 is 9.47 Å². The molecule has 1 aliphatic carbocycles. The molecule has 1 fully saturated rings. The lowest BCUT2D eigenvalue weighted by Crippen LogP contribution is -1.97. The molecule has 5 nitrogen and oxygen atoms in total. The standard InChI is InChI=1S/C22H22O5S/c1-26-19-12-16(13-20(14-19)27-2)11-18-7-6-17(22(18)23)10-15-4-8-21(9-5-15)28(3,24)25/h4-5,8-14H,6-7H2,1-3H3. The van der Waals surface area contributed by atoms with Gasteiger partial charge < -0.3 is 9.47 Å². The Morgan fingerprint density at radius 2 is 1.32 bits per heavy atom. The predicted octanol–water partition coefficient (Wildman–Crippen LogP) is 3.94. The van der Waals surface area contributed by atoms with Gasteiger partial charge in [0.25, 0.3) is 0 Å². The molecular weight excluding hydrogens is 376 g/mol. The van der Waals surface area contributed by atoms with Gasteiger partial charge in [0.2, 0.25) is 0 Å². The van der Waals surface area contributed by atoms with Crippen molar-refractivity contribution in [2.45, 2.75) is 17.7 Å². The molecule has 146 valence electrons. The zero-order chi connectivity index (χ0) is 20.3. The summed E-state index contributed by atoms with van der Waals surface area (Å²) in [7, 11) is -0.0585. The zero-order valence-corrected chi connectivity index (χ0v) is 16.9. The third-order valence-corrected chi connectivity index (χ3v) is 5.74. The van der Waals surface area contributed by atoms with Gasteiger partial charge in [-0.1, -0.05) is 12.1 Å². The molecule has 28 heavy (non-hydrogen) atoms. The summed E-state index contributed by atoms with van der Waals surface area (Å²) in [5, 5.41) is 0. The molecule has 0 spiro atoms. The van der Waals surface area contributed by atoms with Crippen LogP contribution in [0.4, 0.5) is 0 Å². The van der Waals surface area contributed by atoms with Crippen LogP contribution in [0.1, 0.15) is 24.0 Å². The maximum atomic E-state index is 12.8. The maximum Gasteiger partial charge on any atom is 0.185 e. The Bertz CT molecular complexity index is 1040. The molecule has 0 radical (unpaired) electrons. The molecule has 0 heterocycles. The lowest BCUT2D eigenvalue weighted by atomic mass is 10.1. The predicted molar refractivity (Wildman–Crippen MR) is 109 cm³/mol. The summed E-state index contributed by atoms with van der Waals surface area (Å²) in [6.07, 6.45) is 6.17. The van der Waals surface area contributed by atoms with E-state index >= 15 is 0 Å². The van der Waals surface area contributed by atoms with E-state index in [1.807, 2.05) is 24.3 Å². The Kier molecular flexibility index (Phi) is 5.70. The van der Waals surface area contributed by atoms with Crippen molar-refractivity contribution >= 4 is 27.8 Å². The second-order valence-electron chi connectivity index (χ2n) is 6.66. The lowest BCUT2D eigenvalue weighted by molar-refractivity contribution is -0.111. The van der Waals surface area contributed by atoms with Gasteiger partial charge in [0.1, 0.15) is 11.5 Å². The second kappa shape index (κ2) is 8.02. The molecule has 1 saturated carbocycles. The smallest absolute Gasteiger partial charge is 0.185 e. The summed E-state index contributed by atoms with van der Waals surface area (Å²) in [6.45, 7) is 0. The Labute approximate surface area is 165 Å². The number of ketones is 1. The van der Waals surface area contributed by atoms with Crippen molar-refractivity contribution in [3.63, 3.8) is 0 Å². The topological polar surface area (TPSA) is 69.7 Å². The van der Waals surface area contributed by atoms with Crippen molar-refractivity contribution in [3.8, 4) is 11.5 Å². The normalized spacial score (nSPS) is 17.3. The Hall–Kier alpha value is -2.86. The summed E-state index contributed by atoms with van der Waals surface area (Å²) in [5.41, 5.74) is 3.10. The SMILES string of the molecule is COc1cc(C=C2CCC(=Cc3ccc(S(C)(=O)=O)cc3)C2=O)cc(OC)c1. The first-order valence-electron chi connectivity index (χ1n) is 8.79. The zero-order valence-electron chi connectivity index (χ0n) is 16.1. The fourth-order valence-electron chi connectivity index (χ4n) is 3.10. The van der Waals surface area contributed by atoms with E-state index < -0.39 is 9.84 Å². The highest BCUT2D eigenvalue weighted by molar-refractivity contribution is 7.90. The average Bonchev–Trinajstić information content (AvgIpc) is 3.00. The average molecular weight is 398 g/mol. The summed E-state index contributed by atoms with van der Waals surface area (Å²) in [6, 6.07) is 12.0. The number of hydrogen-bond acceptors (Lipinski definition) is 5. The maximum absolute atomic E-state index is 12.8. The number of ether oxygens (including phenoxy) is 2. The van der Waals surface area contributed by atoms with Gasteiger partial charge in [-0.15, -0.1) is 0 Å². The van der Waals surface area contributed by atoms with Crippen molar-refractivity contribution in [2.24, 2.45) is 0 Å². The first-order chi connectivity index (χ1) is 13.3. The molecule has 6 heteroatoms. The van der Waals surface area contributed by atoms with E-state index in [1.54, 1.807) is 44.6 Å². The van der Waals surface area contributed by atoms with Crippen LogP contribution in [0.2, 0.25) is 0 Å². The lowest BCUT2D eigenvalue weighted by Gasteiger charge is -2.06. The summed E-state index contributed by atoms with van der Waals surface area (Å²) >= 11 is 0. The minimum atomic E-state index is -3.23. The summed E-state index contributed by atoms with van der Waals surface area (Å²) < 4.78 is 33.7. The molecule has 0 aliphatic heterocycles. The number of rotatable bonds is 5. The molecule has 0 bridgehead atoms. The molecule has 0 N–H and O–H groups in total. The molecule has 0 aromatic heterocycles. The fourth-order valence-corrected chi connectivity index (χ4v) is 3.73. The summed E-state index contributed by atoms with van der Waals surface area (Å²) in [4.78, 5) is 13.0. The first kappa shape index (κ1) is 19.9. The summed E-state index contributed by atoms with van der Waals surface area (Å²) in [5.74, 6) is 1.34. The minimum Gasteiger partial charge on any atom is -0.497 e. The van der Waals surface area contributed by atoms with Gasteiger partial charge in [-0.05, 0) is 60.4 Å². The van der Waals surface area contributed by atoms with Crippen molar-refractivity contribution in [2.75, 3.05) is 20.5 Å². The van der Waals surface area contributed by atoms with E-state index in [1.165, 1.54) is 6.26 Å². The van der Waals surface area contributed by atoms with E-state index in [2.05, 4.69) is 0 Å². The van der Waals surface area contributed by atoms with Crippen LogP contribution >= 0.6 is 0 Å². The Morgan fingerprint density at radius 1 is 0.821 bits per heavy atom. The molecule has 0 amide bonds. The van der Waals surface area contributed by atoms with E-state index in [0.29, 0.717) is 29.9 Å². The van der Waals surface area contributed by atoms with Gasteiger partial charge >= 0.3 is 0 Å². The van der Waals surface area contributed by atoms with Crippen LogP contribution in [-0.2, 0) is 14.6 Å². The molecule has 0 saturated heterocycles. The molecular formula is C22H22O5S. The molecule has 1 aliphatic rings. The van der Waals surface area contributed by atoms with Crippen molar-refractivity contribution in [1.29, 1.82) is 0 Å². The number of Topliss-reactive ketones (excluding diaryl/α,β-unsaturated/α-hetero) is 1.